The lowest BCUT2D eigenvalue weighted by Gasteiger charge is -2.09. The maximum absolute atomic E-state index is 12.4. The number of hydrogen-bond donors (Lipinski definition) is 2. The molecule has 0 spiro atoms. The van der Waals surface area contributed by atoms with Crippen molar-refractivity contribution in [1.29, 1.82) is 0 Å². The molecule has 7 heteroatoms. The van der Waals surface area contributed by atoms with Crippen LogP contribution in [0.15, 0.2) is 67.0 Å². The topological polar surface area (TPSA) is 93.2 Å². The first-order valence-corrected chi connectivity index (χ1v) is 7.80. The highest BCUT2D eigenvalue weighted by Crippen LogP contribution is 2.18. The van der Waals surface area contributed by atoms with Crippen LogP contribution in [0.3, 0.4) is 0 Å². The van der Waals surface area contributed by atoms with Gasteiger partial charge in [0.15, 0.2) is 0 Å². The Morgan fingerprint density at radius 2 is 1.73 bits per heavy atom. The number of benzene rings is 1. The van der Waals surface area contributed by atoms with E-state index in [1.807, 2.05) is 0 Å². The Balaban J connectivity index is 1.75. The minimum Gasteiger partial charge on any atom is -0.480 e. The van der Waals surface area contributed by atoms with Gasteiger partial charge in [0.2, 0.25) is 5.88 Å². The lowest BCUT2D eigenvalue weighted by Crippen LogP contribution is -2.16. The highest BCUT2D eigenvalue weighted by atomic mass is 16.5. The average molecular weight is 348 g/mol. The zero-order valence-corrected chi connectivity index (χ0v) is 14.0. The standard InChI is InChI=1S/C19H16N4O3/c1-26-19-15(8-5-11-21-19)18(25)22-14-7-4-6-13(12-14)17(24)23-16-9-2-3-10-20-16/h2-12H,1H3,(H,22,25)(H,20,23,24). The average Bonchev–Trinajstić information content (AvgIpc) is 2.69. The zero-order chi connectivity index (χ0) is 18.4. The zero-order valence-electron chi connectivity index (χ0n) is 14.0. The van der Waals surface area contributed by atoms with E-state index < -0.39 is 0 Å². The molecule has 3 aromatic rings. The van der Waals surface area contributed by atoms with E-state index in [2.05, 4.69) is 20.6 Å². The van der Waals surface area contributed by atoms with E-state index in [-0.39, 0.29) is 17.7 Å². The van der Waals surface area contributed by atoms with E-state index in [0.29, 0.717) is 22.6 Å². The molecule has 2 aromatic heterocycles. The molecule has 1 aromatic carbocycles. The summed E-state index contributed by atoms with van der Waals surface area (Å²) in [5, 5.41) is 5.43. The fourth-order valence-electron chi connectivity index (χ4n) is 2.29. The Hall–Kier alpha value is -3.74. The Morgan fingerprint density at radius 1 is 0.885 bits per heavy atom. The first-order chi connectivity index (χ1) is 12.7. The number of aromatic nitrogens is 2. The van der Waals surface area contributed by atoms with Crippen LogP contribution in [0.25, 0.3) is 0 Å². The van der Waals surface area contributed by atoms with E-state index in [1.165, 1.54) is 13.3 Å². The minimum absolute atomic E-state index is 0.231. The Morgan fingerprint density at radius 3 is 2.50 bits per heavy atom. The number of amides is 2. The molecule has 0 saturated carbocycles. The van der Waals surface area contributed by atoms with Crippen molar-refractivity contribution in [2.24, 2.45) is 0 Å². The number of methoxy groups -OCH3 is 1. The molecule has 0 fully saturated rings. The summed E-state index contributed by atoms with van der Waals surface area (Å²) in [5.41, 5.74) is 1.18. The van der Waals surface area contributed by atoms with Crippen molar-refractivity contribution in [2.45, 2.75) is 0 Å². The van der Waals surface area contributed by atoms with Crippen molar-refractivity contribution in [2.75, 3.05) is 17.7 Å². The predicted octanol–water partition coefficient (Wildman–Crippen LogP) is 2.99. The molecule has 2 amide bonds. The molecule has 0 bridgehead atoms. The summed E-state index contributed by atoms with van der Waals surface area (Å²) < 4.78 is 5.09. The van der Waals surface area contributed by atoms with Crippen LogP contribution >= 0.6 is 0 Å². The number of ether oxygens (including phenoxy) is 1. The molecular weight excluding hydrogens is 332 g/mol. The number of nitrogens with one attached hydrogen (secondary N) is 2. The van der Waals surface area contributed by atoms with Gasteiger partial charge in [-0.3, -0.25) is 9.59 Å². The van der Waals surface area contributed by atoms with Crippen molar-refractivity contribution in [3.8, 4) is 5.88 Å². The molecule has 7 nitrogen and oxygen atoms in total. The van der Waals surface area contributed by atoms with Gasteiger partial charge >= 0.3 is 0 Å². The molecule has 0 unspecified atom stereocenters. The Labute approximate surface area is 150 Å². The third-order valence-corrected chi connectivity index (χ3v) is 3.50. The van der Waals surface area contributed by atoms with Gasteiger partial charge in [-0.05, 0) is 42.5 Å². The van der Waals surface area contributed by atoms with E-state index >= 15 is 0 Å². The molecule has 3 rings (SSSR count). The summed E-state index contributed by atoms with van der Waals surface area (Å²) >= 11 is 0. The summed E-state index contributed by atoms with van der Waals surface area (Å²) in [6, 6.07) is 15.1. The van der Waals surface area contributed by atoms with Gasteiger partial charge in [0.05, 0.1) is 7.11 Å². The van der Waals surface area contributed by atoms with Gasteiger partial charge in [-0.25, -0.2) is 9.97 Å². The van der Waals surface area contributed by atoms with Crippen molar-refractivity contribution < 1.29 is 14.3 Å². The van der Waals surface area contributed by atoms with E-state index in [0.717, 1.165) is 0 Å². The molecule has 2 N–H and O–H groups in total. The van der Waals surface area contributed by atoms with E-state index in [9.17, 15) is 9.59 Å². The summed E-state index contributed by atoms with van der Waals surface area (Å²) in [7, 11) is 1.45. The van der Waals surface area contributed by atoms with Crippen LogP contribution in [0.1, 0.15) is 20.7 Å². The molecule has 0 atom stereocenters. The fourth-order valence-corrected chi connectivity index (χ4v) is 2.29. The number of carbonyl (C=O) groups is 2. The van der Waals surface area contributed by atoms with Crippen LogP contribution in [0, 0.1) is 0 Å². The molecule has 0 aliphatic rings. The first kappa shape index (κ1) is 17.1. The van der Waals surface area contributed by atoms with E-state index in [1.54, 1.807) is 60.8 Å². The summed E-state index contributed by atoms with van der Waals surface area (Å²) in [5.74, 6) is -0.0166. The second-order valence-corrected chi connectivity index (χ2v) is 5.26. The smallest absolute Gasteiger partial charge is 0.261 e. The Kier molecular flexibility index (Phi) is 5.19. The second-order valence-electron chi connectivity index (χ2n) is 5.26. The monoisotopic (exact) mass is 348 g/mol. The van der Waals surface area contributed by atoms with Gasteiger partial charge in [-0.2, -0.15) is 0 Å². The molecule has 0 aliphatic carbocycles. The molecular formula is C19H16N4O3. The number of pyridine rings is 2. The van der Waals surface area contributed by atoms with Crippen molar-refractivity contribution >= 4 is 23.3 Å². The first-order valence-electron chi connectivity index (χ1n) is 7.80. The third-order valence-electron chi connectivity index (χ3n) is 3.50. The maximum Gasteiger partial charge on any atom is 0.261 e. The van der Waals surface area contributed by atoms with Crippen LogP contribution in [0.4, 0.5) is 11.5 Å². The third kappa shape index (κ3) is 4.02. The van der Waals surface area contributed by atoms with Crippen LogP contribution in [-0.4, -0.2) is 28.9 Å². The largest absolute Gasteiger partial charge is 0.480 e. The minimum atomic E-state index is -0.378. The molecule has 0 aliphatic heterocycles. The van der Waals surface area contributed by atoms with Crippen molar-refractivity contribution in [3.05, 3.63) is 78.1 Å². The predicted molar refractivity (Wildman–Crippen MR) is 97.4 cm³/mol. The van der Waals surface area contributed by atoms with Gasteiger partial charge in [0.25, 0.3) is 11.8 Å². The summed E-state index contributed by atoms with van der Waals surface area (Å²) in [6.45, 7) is 0. The number of hydrogen-bond acceptors (Lipinski definition) is 5. The van der Waals surface area contributed by atoms with Gasteiger partial charge in [-0.1, -0.05) is 12.1 Å². The second kappa shape index (κ2) is 7.89. The fraction of sp³-hybridized carbons (Fsp3) is 0.0526. The van der Waals surface area contributed by atoms with Crippen LogP contribution in [-0.2, 0) is 0 Å². The number of nitrogens with zero attached hydrogens (tertiary/aromatic N) is 2. The molecule has 26 heavy (non-hydrogen) atoms. The molecule has 130 valence electrons. The lowest BCUT2D eigenvalue weighted by molar-refractivity contribution is 0.101. The molecule has 0 saturated heterocycles. The SMILES string of the molecule is COc1ncccc1C(=O)Nc1cccc(C(=O)Nc2ccccn2)c1. The molecule has 0 radical (unpaired) electrons. The lowest BCUT2D eigenvalue weighted by atomic mass is 10.1. The van der Waals surface area contributed by atoms with Gasteiger partial charge in [-0.15, -0.1) is 0 Å². The number of anilines is 2. The van der Waals surface area contributed by atoms with Gasteiger partial charge < -0.3 is 15.4 Å². The number of rotatable bonds is 5. The summed E-state index contributed by atoms with van der Waals surface area (Å²) in [4.78, 5) is 32.8. The van der Waals surface area contributed by atoms with Crippen molar-refractivity contribution in [1.82, 2.24) is 9.97 Å². The maximum atomic E-state index is 12.4. The summed E-state index contributed by atoms with van der Waals surface area (Å²) in [6.07, 6.45) is 3.13. The van der Waals surface area contributed by atoms with Crippen LogP contribution in [0.5, 0.6) is 5.88 Å². The van der Waals surface area contributed by atoms with Crippen LogP contribution < -0.4 is 15.4 Å². The van der Waals surface area contributed by atoms with E-state index in [4.69, 9.17) is 4.74 Å². The highest BCUT2D eigenvalue weighted by Gasteiger charge is 2.14. The Bertz CT molecular complexity index is 929. The quantitative estimate of drug-likeness (QED) is 0.739. The van der Waals surface area contributed by atoms with Gasteiger partial charge in [0, 0.05) is 23.6 Å². The highest BCUT2D eigenvalue weighted by molar-refractivity contribution is 6.08. The normalized spacial score (nSPS) is 10.0. The number of carbonyl (C=O) groups excluding carboxylic acids is 2. The van der Waals surface area contributed by atoms with Crippen molar-refractivity contribution in [3.63, 3.8) is 0 Å². The molecule has 2 heterocycles. The van der Waals surface area contributed by atoms with Gasteiger partial charge in [0.1, 0.15) is 11.4 Å². The van der Waals surface area contributed by atoms with Crippen LogP contribution in [0.2, 0.25) is 0 Å².